The highest BCUT2D eigenvalue weighted by molar-refractivity contribution is 7.92. The fourth-order valence-electron chi connectivity index (χ4n) is 0.976. The molecule has 2 amide bonds. The Morgan fingerprint density at radius 3 is 2.11 bits per heavy atom. The molecule has 0 radical (unpaired) electrons. The van der Waals surface area contributed by atoms with Gasteiger partial charge < -0.3 is 21.5 Å². The Morgan fingerprint density at radius 1 is 1.22 bits per heavy atom. The van der Waals surface area contributed by atoms with Crippen molar-refractivity contribution in [2.45, 2.75) is 11.7 Å². The van der Waals surface area contributed by atoms with Gasteiger partial charge in [-0.25, -0.2) is 8.42 Å². The first-order valence-corrected chi connectivity index (χ1v) is 6.79. The summed E-state index contributed by atoms with van der Waals surface area (Å²) >= 11 is 0. The molecule has 1 atom stereocenters. The van der Waals surface area contributed by atoms with Crippen molar-refractivity contribution in [2.75, 3.05) is 19.5 Å². The summed E-state index contributed by atoms with van der Waals surface area (Å²) in [7, 11) is -3.87. The minimum atomic E-state index is -3.87. The number of amides is 2. The molecule has 0 rings (SSSR count). The Bertz CT molecular complexity index is 432. The van der Waals surface area contributed by atoms with E-state index in [1.807, 2.05) is 0 Å². The van der Waals surface area contributed by atoms with E-state index in [0.717, 1.165) is 6.26 Å². The lowest BCUT2D eigenvalue weighted by Gasteiger charge is -2.11. The van der Waals surface area contributed by atoms with Gasteiger partial charge in [0, 0.05) is 6.26 Å². The van der Waals surface area contributed by atoms with Crippen LogP contribution in [0.25, 0.3) is 0 Å². The van der Waals surface area contributed by atoms with E-state index in [4.69, 9.17) is 10.8 Å². The molecule has 0 fully saturated rings. The maximum Gasteiger partial charge on any atom is 0.322 e. The number of carbonyl (C=O) groups is 3. The number of sulfone groups is 1. The summed E-state index contributed by atoms with van der Waals surface area (Å²) in [4.78, 5) is 32.6. The van der Waals surface area contributed by atoms with E-state index in [1.54, 1.807) is 0 Å². The summed E-state index contributed by atoms with van der Waals surface area (Å²) in [6.45, 7) is -0.498. The molecule has 0 spiro atoms. The maximum absolute atomic E-state index is 11.3. The predicted octanol–water partition coefficient (Wildman–Crippen LogP) is -2.98. The molecule has 0 saturated carbocycles. The molecule has 5 N–H and O–H groups in total. The molecule has 9 nitrogen and oxygen atoms in total. The van der Waals surface area contributed by atoms with E-state index in [-0.39, 0.29) is 13.2 Å². The Labute approximate surface area is 104 Å². The summed E-state index contributed by atoms with van der Waals surface area (Å²) in [5.74, 6) is -2.91. The van der Waals surface area contributed by atoms with Gasteiger partial charge in [0.1, 0.15) is 0 Å². The third-order valence-corrected chi connectivity index (χ3v) is 3.32. The number of carbonyl (C=O) groups excluding carboxylic acids is 2. The van der Waals surface area contributed by atoms with Crippen molar-refractivity contribution in [1.29, 1.82) is 0 Å². The van der Waals surface area contributed by atoms with Crippen molar-refractivity contribution >= 4 is 27.6 Å². The van der Waals surface area contributed by atoms with Crippen molar-refractivity contribution in [2.24, 2.45) is 5.73 Å². The highest BCUT2D eigenvalue weighted by atomic mass is 32.2. The van der Waals surface area contributed by atoms with E-state index in [9.17, 15) is 22.8 Å². The van der Waals surface area contributed by atoms with E-state index < -0.39 is 39.3 Å². The zero-order valence-electron chi connectivity index (χ0n) is 9.67. The highest BCUT2D eigenvalue weighted by Gasteiger charge is 2.30. The number of carboxylic acid groups (broad SMARTS) is 1. The maximum atomic E-state index is 11.3. The molecule has 0 aromatic heterocycles. The lowest BCUT2D eigenvalue weighted by atomic mass is 10.3. The molecule has 10 heteroatoms. The summed E-state index contributed by atoms with van der Waals surface area (Å²) in [5, 5.41) is 11.2. The van der Waals surface area contributed by atoms with Crippen LogP contribution in [0.2, 0.25) is 0 Å². The van der Waals surface area contributed by atoms with E-state index in [1.165, 1.54) is 0 Å². The molecule has 0 aromatic rings. The number of aliphatic carboxylic acids is 1. The minimum Gasteiger partial charge on any atom is -0.480 e. The molecule has 0 saturated heterocycles. The van der Waals surface area contributed by atoms with Gasteiger partial charge in [-0.15, -0.1) is 0 Å². The van der Waals surface area contributed by atoms with Crippen LogP contribution < -0.4 is 16.4 Å². The van der Waals surface area contributed by atoms with Gasteiger partial charge in [-0.3, -0.25) is 14.4 Å². The number of nitrogens with one attached hydrogen (secondary N) is 2. The van der Waals surface area contributed by atoms with Crippen LogP contribution in [0.4, 0.5) is 0 Å². The Balaban J connectivity index is 4.29. The van der Waals surface area contributed by atoms with Crippen molar-refractivity contribution < 1.29 is 27.9 Å². The first-order valence-electron chi connectivity index (χ1n) is 4.83. The second-order valence-electron chi connectivity index (χ2n) is 3.44. The summed E-state index contributed by atoms with van der Waals surface area (Å²) in [5.41, 5.74) is 4.98. The zero-order chi connectivity index (χ0) is 14.3. The Kier molecular flexibility index (Phi) is 6.27. The minimum absolute atomic E-state index is 0.245. The predicted molar refractivity (Wildman–Crippen MR) is 61.1 cm³/mol. The van der Waals surface area contributed by atoms with Gasteiger partial charge in [0.2, 0.25) is 11.8 Å². The largest absolute Gasteiger partial charge is 0.480 e. The number of hydrogen-bond donors (Lipinski definition) is 4. The first-order chi connectivity index (χ1) is 8.18. The molecule has 0 aliphatic heterocycles. The summed E-state index contributed by atoms with van der Waals surface area (Å²) in [6, 6.07) is 0. The van der Waals surface area contributed by atoms with Crippen LogP contribution in [0.5, 0.6) is 0 Å². The SMILES string of the molecule is CS(=O)(=O)C(CC(=O)NCNC(=O)CN)C(=O)O. The van der Waals surface area contributed by atoms with Gasteiger partial charge >= 0.3 is 5.97 Å². The molecule has 0 aliphatic carbocycles. The quantitative estimate of drug-likeness (QED) is 0.363. The fraction of sp³-hybridized carbons (Fsp3) is 0.625. The smallest absolute Gasteiger partial charge is 0.322 e. The van der Waals surface area contributed by atoms with E-state index >= 15 is 0 Å². The monoisotopic (exact) mass is 281 g/mol. The zero-order valence-corrected chi connectivity index (χ0v) is 10.5. The van der Waals surface area contributed by atoms with Crippen LogP contribution in [-0.4, -0.2) is 56.0 Å². The van der Waals surface area contributed by atoms with Crippen LogP contribution in [0, 0.1) is 0 Å². The summed E-state index contributed by atoms with van der Waals surface area (Å²) < 4.78 is 22.2. The summed E-state index contributed by atoms with van der Waals surface area (Å²) in [6.07, 6.45) is 0.0158. The van der Waals surface area contributed by atoms with Crippen LogP contribution in [-0.2, 0) is 24.2 Å². The van der Waals surface area contributed by atoms with Crippen molar-refractivity contribution in [1.82, 2.24) is 10.6 Å². The number of nitrogens with two attached hydrogens (primary N) is 1. The molecular formula is C8H15N3O6S. The van der Waals surface area contributed by atoms with Crippen molar-refractivity contribution in [3.8, 4) is 0 Å². The van der Waals surface area contributed by atoms with Gasteiger partial charge in [0.05, 0.1) is 19.6 Å². The molecule has 0 bridgehead atoms. The molecule has 0 aromatic carbocycles. The van der Waals surface area contributed by atoms with Crippen molar-refractivity contribution in [3.63, 3.8) is 0 Å². The topological polar surface area (TPSA) is 156 Å². The lowest BCUT2D eigenvalue weighted by Crippen LogP contribution is -2.42. The molecule has 1 unspecified atom stereocenters. The molecule has 104 valence electrons. The Morgan fingerprint density at radius 2 is 1.72 bits per heavy atom. The van der Waals surface area contributed by atoms with Crippen LogP contribution >= 0.6 is 0 Å². The molecular weight excluding hydrogens is 266 g/mol. The van der Waals surface area contributed by atoms with Crippen LogP contribution in [0.15, 0.2) is 0 Å². The second kappa shape index (κ2) is 6.91. The normalized spacial score (nSPS) is 12.6. The average Bonchev–Trinajstić information content (AvgIpc) is 2.23. The third-order valence-electron chi connectivity index (χ3n) is 1.92. The molecule has 18 heavy (non-hydrogen) atoms. The second-order valence-corrected chi connectivity index (χ2v) is 5.67. The average molecular weight is 281 g/mol. The van der Waals surface area contributed by atoms with Crippen LogP contribution in [0.1, 0.15) is 6.42 Å². The van der Waals surface area contributed by atoms with Gasteiger partial charge in [0.25, 0.3) is 0 Å². The van der Waals surface area contributed by atoms with Gasteiger partial charge in [-0.1, -0.05) is 0 Å². The number of rotatable bonds is 7. The molecule has 0 aliphatic rings. The van der Waals surface area contributed by atoms with Gasteiger partial charge in [-0.2, -0.15) is 0 Å². The Hall–Kier alpha value is -1.68. The van der Waals surface area contributed by atoms with Crippen LogP contribution in [0.3, 0.4) is 0 Å². The standard InChI is InChI=1S/C8H15N3O6S/c1-18(16,17)5(8(14)15)2-6(12)10-4-11-7(13)3-9/h5H,2-4,9H2,1H3,(H,10,12)(H,11,13)(H,14,15). The molecule has 0 heterocycles. The van der Waals surface area contributed by atoms with E-state index in [2.05, 4.69) is 10.6 Å². The third kappa shape index (κ3) is 6.15. The van der Waals surface area contributed by atoms with Crippen molar-refractivity contribution in [3.05, 3.63) is 0 Å². The first kappa shape index (κ1) is 16.3. The number of carboxylic acids is 1. The lowest BCUT2D eigenvalue weighted by molar-refractivity contribution is -0.138. The van der Waals surface area contributed by atoms with Gasteiger partial charge in [-0.05, 0) is 0 Å². The highest BCUT2D eigenvalue weighted by Crippen LogP contribution is 2.04. The van der Waals surface area contributed by atoms with E-state index in [0.29, 0.717) is 0 Å². The number of hydrogen-bond acceptors (Lipinski definition) is 6. The fourth-order valence-corrected chi connectivity index (χ4v) is 1.80. The van der Waals surface area contributed by atoms with Gasteiger partial charge in [0.15, 0.2) is 15.1 Å².